The number of carbonyl (C=O) groups is 2. The molecule has 0 aliphatic rings. The zero-order chi connectivity index (χ0) is 23.6. The molecule has 2 rings (SSSR count). The van der Waals surface area contributed by atoms with E-state index in [1.54, 1.807) is 20.8 Å². The number of carbonyl (C=O) groups excluding carboxylic acids is 2. The standard InChI is InChI=1S/C20H25F3N4O4/c1-11(2)27-16(20(21,22)23)13(10-24-27)17(28)25-12-7-8-15(30-6)14(9-12)26-18(29)31-19(3,4)5/h7-11H,1-6H3,(H,25,28)(H,26,29). The van der Waals surface area contributed by atoms with Gasteiger partial charge < -0.3 is 14.8 Å². The van der Waals surface area contributed by atoms with Gasteiger partial charge in [-0.05, 0) is 52.8 Å². The normalized spacial score (nSPS) is 11.9. The number of hydrogen-bond donors (Lipinski definition) is 2. The number of alkyl halides is 3. The van der Waals surface area contributed by atoms with Crippen molar-refractivity contribution in [2.24, 2.45) is 0 Å². The summed E-state index contributed by atoms with van der Waals surface area (Å²) in [5, 5.41) is 8.59. The zero-order valence-electron chi connectivity index (χ0n) is 18.0. The predicted octanol–water partition coefficient (Wildman–Crippen LogP) is 5.09. The Morgan fingerprint density at radius 2 is 1.77 bits per heavy atom. The first-order chi connectivity index (χ1) is 14.2. The van der Waals surface area contributed by atoms with E-state index in [9.17, 15) is 22.8 Å². The number of hydrogen-bond acceptors (Lipinski definition) is 5. The maximum absolute atomic E-state index is 13.5. The fourth-order valence-electron chi connectivity index (χ4n) is 2.70. The highest BCUT2D eigenvalue weighted by Crippen LogP contribution is 2.34. The van der Waals surface area contributed by atoms with E-state index in [0.717, 1.165) is 10.9 Å². The third kappa shape index (κ3) is 6.12. The molecule has 11 heteroatoms. The van der Waals surface area contributed by atoms with Crippen molar-refractivity contribution in [3.8, 4) is 5.75 Å². The Labute approximate surface area is 177 Å². The van der Waals surface area contributed by atoms with E-state index in [4.69, 9.17) is 9.47 Å². The molecule has 0 spiro atoms. The van der Waals surface area contributed by atoms with Crippen LogP contribution >= 0.6 is 0 Å². The summed E-state index contributed by atoms with van der Waals surface area (Å²) in [5.74, 6) is -0.722. The Morgan fingerprint density at radius 3 is 2.29 bits per heavy atom. The Kier molecular flexibility index (Phi) is 6.87. The van der Waals surface area contributed by atoms with Crippen LogP contribution in [0.1, 0.15) is 56.7 Å². The summed E-state index contributed by atoms with van der Waals surface area (Å²) in [7, 11) is 1.38. The molecule has 0 atom stereocenters. The minimum atomic E-state index is -4.77. The average molecular weight is 442 g/mol. The molecule has 0 saturated heterocycles. The average Bonchev–Trinajstić information content (AvgIpc) is 3.06. The van der Waals surface area contributed by atoms with Gasteiger partial charge in [-0.1, -0.05) is 0 Å². The number of rotatable bonds is 5. The third-order valence-corrected chi connectivity index (χ3v) is 3.89. The molecule has 2 amide bonds. The van der Waals surface area contributed by atoms with Crippen molar-refractivity contribution in [3.05, 3.63) is 35.7 Å². The molecule has 170 valence electrons. The van der Waals surface area contributed by atoms with Gasteiger partial charge in [-0.15, -0.1) is 0 Å². The van der Waals surface area contributed by atoms with Crippen LogP contribution in [0.15, 0.2) is 24.4 Å². The molecule has 8 nitrogen and oxygen atoms in total. The summed E-state index contributed by atoms with van der Waals surface area (Å²) in [5.41, 5.74) is -2.18. The fourth-order valence-corrected chi connectivity index (χ4v) is 2.70. The molecule has 0 saturated carbocycles. The SMILES string of the molecule is COc1ccc(NC(=O)c2cnn(C(C)C)c2C(F)(F)F)cc1NC(=O)OC(C)(C)C. The lowest BCUT2D eigenvalue weighted by atomic mass is 10.2. The van der Waals surface area contributed by atoms with Crippen molar-refractivity contribution in [1.82, 2.24) is 9.78 Å². The highest BCUT2D eigenvalue weighted by Gasteiger charge is 2.40. The maximum Gasteiger partial charge on any atom is 0.433 e. The molecule has 2 N–H and O–H groups in total. The molecular weight excluding hydrogens is 417 g/mol. The van der Waals surface area contributed by atoms with Gasteiger partial charge in [0.2, 0.25) is 0 Å². The number of aromatic nitrogens is 2. The van der Waals surface area contributed by atoms with Crippen LogP contribution in [0.25, 0.3) is 0 Å². The summed E-state index contributed by atoms with van der Waals surface area (Å²) in [4.78, 5) is 24.6. The number of halogens is 3. The molecule has 0 aliphatic carbocycles. The summed E-state index contributed by atoms with van der Waals surface area (Å²) >= 11 is 0. The Hall–Kier alpha value is -3.24. The van der Waals surface area contributed by atoms with Gasteiger partial charge in [-0.3, -0.25) is 14.8 Å². The van der Waals surface area contributed by atoms with Crippen molar-refractivity contribution in [1.29, 1.82) is 0 Å². The first-order valence-corrected chi connectivity index (χ1v) is 9.37. The first kappa shape index (κ1) is 24.0. The van der Waals surface area contributed by atoms with Crippen molar-refractivity contribution >= 4 is 23.4 Å². The molecule has 0 fully saturated rings. The number of ether oxygens (including phenoxy) is 2. The van der Waals surface area contributed by atoms with E-state index >= 15 is 0 Å². The zero-order valence-corrected chi connectivity index (χ0v) is 18.0. The van der Waals surface area contributed by atoms with E-state index in [-0.39, 0.29) is 17.1 Å². The van der Waals surface area contributed by atoms with Gasteiger partial charge in [0.25, 0.3) is 5.91 Å². The number of nitrogens with zero attached hydrogens (tertiary/aromatic N) is 2. The van der Waals surface area contributed by atoms with Gasteiger partial charge in [0, 0.05) is 11.7 Å². The van der Waals surface area contributed by atoms with Gasteiger partial charge in [-0.25, -0.2) is 4.79 Å². The molecule has 2 aromatic rings. The molecule has 1 aromatic heterocycles. The van der Waals surface area contributed by atoms with Crippen molar-refractivity contribution in [2.75, 3.05) is 17.7 Å². The molecule has 0 radical (unpaired) electrons. The lowest BCUT2D eigenvalue weighted by Gasteiger charge is -2.20. The quantitative estimate of drug-likeness (QED) is 0.673. The number of anilines is 2. The fraction of sp³-hybridized carbons (Fsp3) is 0.450. The van der Waals surface area contributed by atoms with Crippen LogP contribution in [0.4, 0.5) is 29.3 Å². The Balaban J connectivity index is 2.31. The molecule has 0 aliphatic heterocycles. The molecule has 0 bridgehead atoms. The minimum Gasteiger partial charge on any atom is -0.495 e. The minimum absolute atomic E-state index is 0.141. The molecule has 0 unspecified atom stereocenters. The van der Waals surface area contributed by atoms with Crippen LogP contribution in [0, 0.1) is 0 Å². The van der Waals surface area contributed by atoms with Crippen LogP contribution in [0.3, 0.4) is 0 Å². The van der Waals surface area contributed by atoms with Gasteiger partial charge in [-0.2, -0.15) is 18.3 Å². The number of methoxy groups -OCH3 is 1. The Bertz CT molecular complexity index is 962. The van der Waals surface area contributed by atoms with Crippen molar-refractivity contribution < 1.29 is 32.2 Å². The van der Waals surface area contributed by atoms with Gasteiger partial charge in [0.15, 0.2) is 5.69 Å². The summed E-state index contributed by atoms with van der Waals surface area (Å²) in [6.45, 7) is 8.13. The molecule has 1 heterocycles. The van der Waals surface area contributed by atoms with Crippen molar-refractivity contribution in [2.45, 2.75) is 52.4 Å². The monoisotopic (exact) mass is 442 g/mol. The predicted molar refractivity (Wildman–Crippen MR) is 108 cm³/mol. The highest BCUT2D eigenvalue weighted by molar-refractivity contribution is 6.05. The van der Waals surface area contributed by atoms with Crippen LogP contribution in [-0.4, -0.2) is 34.5 Å². The van der Waals surface area contributed by atoms with Crippen LogP contribution in [0.2, 0.25) is 0 Å². The molecule has 1 aromatic carbocycles. The van der Waals surface area contributed by atoms with E-state index in [2.05, 4.69) is 15.7 Å². The van der Waals surface area contributed by atoms with E-state index in [0.29, 0.717) is 0 Å². The van der Waals surface area contributed by atoms with E-state index in [1.165, 1.54) is 39.2 Å². The lowest BCUT2D eigenvalue weighted by Crippen LogP contribution is -2.27. The van der Waals surface area contributed by atoms with Gasteiger partial charge in [0.1, 0.15) is 11.4 Å². The third-order valence-electron chi connectivity index (χ3n) is 3.89. The second-order valence-corrected chi connectivity index (χ2v) is 7.94. The summed E-state index contributed by atoms with van der Waals surface area (Å²) in [6, 6.07) is 3.63. The van der Waals surface area contributed by atoms with Gasteiger partial charge in [0.05, 0.1) is 24.6 Å². The van der Waals surface area contributed by atoms with Crippen molar-refractivity contribution in [3.63, 3.8) is 0 Å². The summed E-state index contributed by atoms with van der Waals surface area (Å²) in [6.07, 6.45) is -4.65. The smallest absolute Gasteiger partial charge is 0.433 e. The largest absolute Gasteiger partial charge is 0.495 e. The second-order valence-electron chi connectivity index (χ2n) is 7.94. The number of benzene rings is 1. The summed E-state index contributed by atoms with van der Waals surface area (Å²) < 4.78 is 51.7. The highest BCUT2D eigenvalue weighted by atomic mass is 19.4. The second kappa shape index (κ2) is 8.86. The number of nitrogens with one attached hydrogen (secondary N) is 2. The van der Waals surface area contributed by atoms with Crippen LogP contribution < -0.4 is 15.4 Å². The lowest BCUT2D eigenvalue weighted by molar-refractivity contribution is -0.145. The van der Waals surface area contributed by atoms with E-state index < -0.39 is 41.1 Å². The first-order valence-electron chi connectivity index (χ1n) is 9.37. The topological polar surface area (TPSA) is 94.5 Å². The molecule has 31 heavy (non-hydrogen) atoms. The number of amides is 2. The Morgan fingerprint density at radius 1 is 1.13 bits per heavy atom. The van der Waals surface area contributed by atoms with E-state index in [1.807, 2.05) is 0 Å². The van der Waals surface area contributed by atoms with Crippen LogP contribution in [-0.2, 0) is 10.9 Å². The maximum atomic E-state index is 13.5. The van der Waals surface area contributed by atoms with Crippen LogP contribution in [0.5, 0.6) is 5.75 Å². The molecular formula is C20H25F3N4O4. The van der Waals surface area contributed by atoms with Gasteiger partial charge >= 0.3 is 12.3 Å².